The minimum absolute atomic E-state index is 0.400. The number of anilines is 1. The molecule has 0 amide bonds. The Morgan fingerprint density at radius 2 is 1.87 bits per heavy atom. The van der Waals surface area contributed by atoms with Crippen LogP contribution in [0.2, 0.25) is 0 Å². The normalized spacial score (nSPS) is 16.0. The fourth-order valence-electron chi connectivity index (χ4n) is 3.26. The number of methoxy groups -OCH3 is 1. The van der Waals surface area contributed by atoms with E-state index in [2.05, 4.69) is 19.9 Å². The van der Waals surface area contributed by atoms with Gasteiger partial charge in [-0.3, -0.25) is 4.57 Å². The Balaban J connectivity index is 1.53. The molecule has 0 bridgehead atoms. The van der Waals surface area contributed by atoms with Crippen LogP contribution in [0.25, 0.3) is 11.2 Å². The zero-order valence-corrected chi connectivity index (χ0v) is 13.9. The molecule has 2 aromatic heterocycles. The van der Waals surface area contributed by atoms with Crippen LogP contribution in [0.5, 0.6) is 6.01 Å². The lowest BCUT2D eigenvalue weighted by molar-refractivity contribution is 0.223. The summed E-state index contributed by atoms with van der Waals surface area (Å²) in [5.41, 5.74) is 7.24. The quantitative estimate of drug-likeness (QED) is 0.787. The Morgan fingerprint density at radius 3 is 2.65 bits per heavy atom. The van der Waals surface area contributed by atoms with Crippen LogP contribution < -0.4 is 10.5 Å². The van der Waals surface area contributed by atoms with Gasteiger partial charge in [-0.05, 0) is 45.3 Å². The number of hydrogen-bond acceptors (Lipinski definition) is 6. The van der Waals surface area contributed by atoms with E-state index in [4.69, 9.17) is 10.5 Å². The van der Waals surface area contributed by atoms with Gasteiger partial charge in [-0.1, -0.05) is 12.8 Å². The van der Waals surface area contributed by atoms with Gasteiger partial charge in [-0.15, -0.1) is 0 Å². The number of piperidine rings is 1. The van der Waals surface area contributed by atoms with Gasteiger partial charge in [0.15, 0.2) is 17.0 Å². The first-order valence-corrected chi connectivity index (χ1v) is 8.52. The maximum Gasteiger partial charge on any atom is 0.298 e. The van der Waals surface area contributed by atoms with Crippen LogP contribution in [0.4, 0.5) is 5.82 Å². The van der Waals surface area contributed by atoms with E-state index in [9.17, 15) is 0 Å². The molecular weight excluding hydrogens is 292 g/mol. The average Bonchev–Trinajstić information content (AvgIpc) is 2.95. The zero-order valence-electron chi connectivity index (χ0n) is 13.9. The van der Waals surface area contributed by atoms with E-state index in [1.807, 2.05) is 4.57 Å². The van der Waals surface area contributed by atoms with Gasteiger partial charge in [-0.2, -0.15) is 4.98 Å². The molecule has 126 valence electrons. The van der Waals surface area contributed by atoms with Crippen molar-refractivity contribution in [2.24, 2.45) is 0 Å². The van der Waals surface area contributed by atoms with Crippen LogP contribution in [-0.4, -0.2) is 51.2 Å². The van der Waals surface area contributed by atoms with Crippen molar-refractivity contribution in [3.8, 4) is 6.01 Å². The van der Waals surface area contributed by atoms with E-state index >= 15 is 0 Å². The van der Waals surface area contributed by atoms with Crippen molar-refractivity contribution in [1.82, 2.24) is 24.4 Å². The summed E-state index contributed by atoms with van der Waals surface area (Å²) in [5, 5.41) is 0. The lowest BCUT2D eigenvalue weighted by Gasteiger charge is -2.26. The van der Waals surface area contributed by atoms with E-state index in [0.29, 0.717) is 17.3 Å². The first-order chi connectivity index (χ1) is 11.3. The summed E-state index contributed by atoms with van der Waals surface area (Å²) in [5.74, 6) is 0.400. The van der Waals surface area contributed by atoms with Crippen LogP contribution in [0.3, 0.4) is 0 Å². The Labute approximate surface area is 136 Å². The molecule has 0 spiro atoms. The number of aromatic nitrogens is 4. The molecule has 0 unspecified atom stereocenters. The van der Waals surface area contributed by atoms with Crippen molar-refractivity contribution in [3.05, 3.63) is 6.33 Å². The molecule has 0 aromatic carbocycles. The Bertz CT molecular complexity index is 635. The molecule has 3 rings (SSSR count). The number of nitrogens with two attached hydrogens (primary N) is 1. The number of nitrogens with zero attached hydrogens (tertiary/aromatic N) is 5. The first kappa shape index (κ1) is 16.0. The summed E-state index contributed by atoms with van der Waals surface area (Å²) in [6, 6.07) is 0.559. The molecule has 7 heteroatoms. The van der Waals surface area contributed by atoms with E-state index in [-0.39, 0.29) is 0 Å². The smallest absolute Gasteiger partial charge is 0.298 e. The Hall–Kier alpha value is -1.89. The topological polar surface area (TPSA) is 82.1 Å². The molecule has 0 aliphatic carbocycles. The molecule has 0 saturated carbocycles. The third-order valence-electron chi connectivity index (χ3n) is 4.51. The van der Waals surface area contributed by atoms with Gasteiger partial charge in [0.05, 0.1) is 7.11 Å². The van der Waals surface area contributed by atoms with Crippen molar-refractivity contribution < 1.29 is 4.74 Å². The van der Waals surface area contributed by atoms with Crippen molar-refractivity contribution in [1.29, 1.82) is 0 Å². The zero-order chi connectivity index (χ0) is 16.1. The third kappa shape index (κ3) is 3.72. The number of likely N-dealkylation sites (tertiary alicyclic amines) is 1. The summed E-state index contributed by atoms with van der Waals surface area (Å²) in [4.78, 5) is 15.3. The number of rotatable bonds is 7. The molecule has 2 N–H and O–H groups in total. The summed E-state index contributed by atoms with van der Waals surface area (Å²) in [7, 11) is 1.62. The monoisotopic (exact) mass is 318 g/mol. The summed E-state index contributed by atoms with van der Waals surface area (Å²) in [6.45, 7) is 4.61. The fourth-order valence-corrected chi connectivity index (χ4v) is 3.26. The lowest BCUT2D eigenvalue weighted by Crippen LogP contribution is -2.30. The lowest BCUT2D eigenvalue weighted by atomic mass is 10.1. The van der Waals surface area contributed by atoms with E-state index in [0.717, 1.165) is 18.6 Å². The molecule has 1 aliphatic heterocycles. The second kappa shape index (κ2) is 7.59. The number of imidazole rings is 1. The van der Waals surface area contributed by atoms with Crippen LogP contribution in [0.15, 0.2) is 6.33 Å². The van der Waals surface area contributed by atoms with E-state index < -0.39 is 0 Å². The highest BCUT2D eigenvalue weighted by Gasteiger charge is 2.15. The first-order valence-electron chi connectivity index (χ1n) is 8.52. The van der Waals surface area contributed by atoms with Gasteiger partial charge in [-0.25, -0.2) is 9.97 Å². The molecule has 7 nitrogen and oxygen atoms in total. The van der Waals surface area contributed by atoms with Gasteiger partial charge in [0, 0.05) is 6.54 Å². The van der Waals surface area contributed by atoms with E-state index in [1.165, 1.54) is 58.1 Å². The number of aryl methyl sites for hydroxylation is 1. The summed E-state index contributed by atoms with van der Waals surface area (Å²) in [6.07, 6.45) is 9.12. The largest absolute Gasteiger partial charge is 0.468 e. The predicted octanol–water partition coefficient (Wildman–Crippen LogP) is 2.07. The molecule has 1 fully saturated rings. The molecule has 2 aromatic rings. The van der Waals surface area contributed by atoms with Crippen molar-refractivity contribution in [3.63, 3.8) is 0 Å². The fraction of sp³-hybridized carbons (Fsp3) is 0.688. The van der Waals surface area contributed by atoms with Gasteiger partial charge >= 0.3 is 0 Å². The van der Waals surface area contributed by atoms with Crippen LogP contribution in [0, 0.1) is 0 Å². The Morgan fingerprint density at radius 1 is 1.09 bits per heavy atom. The maximum atomic E-state index is 5.86. The summed E-state index contributed by atoms with van der Waals surface area (Å²) >= 11 is 0. The average molecular weight is 318 g/mol. The minimum Gasteiger partial charge on any atom is -0.468 e. The standard InChI is InChI=1S/C16H26N6O/c1-23-16-20-13-14(17)18-12-19-15(13)22(16)11-7-3-6-10-21-8-4-2-5-9-21/h12H,2-11H2,1H3,(H2,17,18,19). The summed E-state index contributed by atoms with van der Waals surface area (Å²) < 4.78 is 7.35. The molecule has 0 atom stereocenters. The minimum atomic E-state index is 0.400. The van der Waals surface area contributed by atoms with Crippen molar-refractivity contribution in [2.45, 2.75) is 45.1 Å². The van der Waals surface area contributed by atoms with Gasteiger partial charge in [0.25, 0.3) is 6.01 Å². The molecule has 1 aliphatic rings. The van der Waals surface area contributed by atoms with Crippen LogP contribution in [-0.2, 0) is 6.54 Å². The molecule has 23 heavy (non-hydrogen) atoms. The number of fused-ring (bicyclic) bond motifs is 1. The second-order valence-electron chi connectivity index (χ2n) is 6.14. The van der Waals surface area contributed by atoms with Crippen LogP contribution in [0.1, 0.15) is 38.5 Å². The SMILES string of the molecule is COc1nc2c(N)ncnc2n1CCCCCN1CCCCC1. The highest BCUT2D eigenvalue weighted by Crippen LogP contribution is 2.23. The molecule has 3 heterocycles. The highest BCUT2D eigenvalue weighted by molar-refractivity contribution is 5.82. The second-order valence-corrected chi connectivity index (χ2v) is 6.14. The Kier molecular flexibility index (Phi) is 5.27. The van der Waals surface area contributed by atoms with Gasteiger partial charge in [0.1, 0.15) is 6.33 Å². The third-order valence-corrected chi connectivity index (χ3v) is 4.51. The predicted molar refractivity (Wildman–Crippen MR) is 90.4 cm³/mol. The molecule has 0 radical (unpaired) electrons. The molecule has 1 saturated heterocycles. The highest BCUT2D eigenvalue weighted by atomic mass is 16.5. The molecular formula is C16H26N6O. The van der Waals surface area contributed by atoms with Crippen molar-refractivity contribution >= 4 is 17.0 Å². The number of hydrogen-bond donors (Lipinski definition) is 1. The number of unbranched alkanes of at least 4 members (excludes halogenated alkanes) is 2. The maximum absolute atomic E-state index is 5.86. The van der Waals surface area contributed by atoms with E-state index in [1.54, 1.807) is 7.11 Å². The van der Waals surface area contributed by atoms with Gasteiger partial charge in [0.2, 0.25) is 0 Å². The number of ether oxygens (including phenoxy) is 1. The van der Waals surface area contributed by atoms with Crippen molar-refractivity contribution in [2.75, 3.05) is 32.5 Å². The van der Waals surface area contributed by atoms with Crippen LogP contribution >= 0.6 is 0 Å². The van der Waals surface area contributed by atoms with Gasteiger partial charge < -0.3 is 15.4 Å². The number of nitrogen functional groups attached to an aromatic ring is 1.